The molecule has 2 rings (SSSR count). The van der Waals surface area contributed by atoms with E-state index >= 15 is 0 Å². The van der Waals surface area contributed by atoms with E-state index in [9.17, 15) is 14.7 Å². The lowest BCUT2D eigenvalue weighted by molar-refractivity contribution is -0.140. The number of para-hydroxylation sites is 1. The lowest BCUT2D eigenvalue weighted by Crippen LogP contribution is -2.18. The first kappa shape index (κ1) is 16.1. The molecule has 0 radical (unpaired) electrons. The molecule has 0 fully saturated rings. The van der Waals surface area contributed by atoms with Crippen molar-refractivity contribution >= 4 is 23.5 Å². The van der Waals surface area contributed by atoms with Crippen LogP contribution in [-0.2, 0) is 9.59 Å². The number of thioether (sulfide) groups is 1. The van der Waals surface area contributed by atoms with Gasteiger partial charge in [-0.2, -0.15) is 4.68 Å². The highest BCUT2D eigenvalue weighted by Gasteiger charge is 2.16. The van der Waals surface area contributed by atoms with Crippen LogP contribution in [0.25, 0.3) is 5.69 Å². The highest BCUT2D eigenvalue weighted by Crippen LogP contribution is 2.19. The van der Waals surface area contributed by atoms with Crippen LogP contribution in [0, 0.1) is 0 Å². The minimum Gasteiger partial charge on any atom is -0.481 e. The van der Waals surface area contributed by atoms with Gasteiger partial charge in [-0.25, -0.2) is 0 Å². The Morgan fingerprint density at radius 1 is 1.27 bits per heavy atom. The van der Waals surface area contributed by atoms with E-state index in [1.807, 2.05) is 30.3 Å². The number of tetrazole rings is 1. The molecule has 0 aliphatic heterocycles. The molecule has 2 N–H and O–H groups in total. The molecule has 1 aromatic heterocycles. The molecule has 0 spiro atoms. The molecule has 116 valence electrons. The van der Waals surface area contributed by atoms with Gasteiger partial charge < -0.3 is 10.2 Å². The van der Waals surface area contributed by atoms with Gasteiger partial charge in [0, 0.05) is 12.2 Å². The van der Waals surface area contributed by atoms with E-state index in [0.717, 1.165) is 5.69 Å². The Kier molecular flexibility index (Phi) is 5.61. The van der Waals surface area contributed by atoms with Crippen molar-refractivity contribution in [3.8, 4) is 5.69 Å². The van der Waals surface area contributed by atoms with Crippen LogP contribution in [0.2, 0.25) is 0 Å². The van der Waals surface area contributed by atoms with Crippen molar-refractivity contribution in [3.05, 3.63) is 30.3 Å². The Balaban J connectivity index is 1.91. The summed E-state index contributed by atoms with van der Waals surface area (Å²) in [6, 6.07) is 9.26. The fourth-order valence-corrected chi connectivity index (χ4v) is 2.55. The van der Waals surface area contributed by atoms with E-state index in [1.165, 1.54) is 16.4 Å². The smallest absolute Gasteiger partial charge is 0.310 e. The van der Waals surface area contributed by atoms with Crippen LogP contribution >= 0.6 is 11.8 Å². The number of carbonyl (C=O) groups excluding carboxylic acids is 1. The number of aromatic nitrogens is 4. The van der Waals surface area contributed by atoms with Crippen LogP contribution in [0.5, 0.6) is 0 Å². The molecule has 0 aliphatic rings. The summed E-state index contributed by atoms with van der Waals surface area (Å²) in [6.45, 7) is 0. The molecule has 1 heterocycles. The monoisotopic (exact) mass is 322 g/mol. The number of ketones is 1. The third-order valence-electron chi connectivity index (χ3n) is 2.66. The van der Waals surface area contributed by atoms with E-state index in [0.29, 0.717) is 5.16 Å². The SMILES string of the molecule is O=C(O)CC(=O)C[C@H](O)CSc1nnnn1-c1ccccc1. The van der Waals surface area contributed by atoms with Crippen LogP contribution in [-0.4, -0.2) is 54.0 Å². The third-order valence-corrected chi connectivity index (χ3v) is 3.72. The quantitative estimate of drug-likeness (QED) is 0.534. The van der Waals surface area contributed by atoms with Gasteiger partial charge in [-0.3, -0.25) is 9.59 Å². The van der Waals surface area contributed by atoms with Gasteiger partial charge in [0.2, 0.25) is 5.16 Å². The molecule has 0 saturated carbocycles. The van der Waals surface area contributed by atoms with Crippen molar-refractivity contribution in [2.75, 3.05) is 5.75 Å². The van der Waals surface area contributed by atoms with Crippen LogP contribution in [0.3, 0.4) is 0 Å². The summed E-state index contributed by atoms with van der Waals surface area (Å²) in [6.07, 6.45) is -1.73. The first-order valence-electron chi connectivity index (χ1n) is 6.44. The topological polar surface area (TPSA) is 118 Å². The number of nitrogens with zero attached hydrogens (tertiary/aromatic N) is 4. The standard InChI is InChI=1S/C13H14N4O4S/c18-10(7-12(20)21)6-11(19)8-22-13-14-15-16-17(13)9-4-2-1-3-5-9/h1-5,11,19H,6-8H2,(H,20,21)/t11-/m0/s1. The van der Waals surface area contributed by atoms with Crippen molar-refractivity contribution in [1.29, 1.82) is 0 Å². The Hall–Kier alpha value is -2.26. The number of carboxylic acids is 1. The summed E-state index contributed by atoms with van der Waals surface area (Å²) in [5.74, 6) is -1.51. The molecule has 0 aliphatic carbocycles. The first-order valence-corrected chi connectivity index (χ1v) is 7.43. The zero-order chi connectivity index (χ0) is 15.9. The van der Waals surface area contributed by atoms with E-state index < -0.39 is 24.3 Å². The van der Waals surface area contributed by atoms with Gasteiger partial charge in [0.15, 0.2) is 0 Å². The van der Waals surface area contributed by atoms with Crippen LogP contribution in [0.1, 0.15) is 12.8 Å². The second-order valence-corrected chi connectivity index (χ2v) is 5.47. The van der Waals surface area contributed by atoms with E-state index in [2.05, 4.69) is 15.5 Å². The molecule has 0 saturated heterocycles. The lowest BCUT2D eigenvalue weighted by atomic mass is 10.1. The van der Waals surface area contributed by atoms with Gasteiger partial charge in [-0.05, 0) is 22.6 Å². The molecule has 8 nitrogen and oxygen atoms in total. The third kappa shape index (κ3) is 4.64. The Morgan fingerprint density at radius 2 is 2.00 bits per heavy atom. The number of Topliss-reactive ketones (excluding diaryl/α,β-unsaturated/α-hetero) is 1. The van der Waals surface area contributed by atoms with Gasteiger partial charge in [0.1, 0.15) is 12.2 Å². The second kappa shape index (κ2) is 7.66. The lowest BCUT2D eigenvalue weighted by Gasteiger charge is -2.08. The summed E-state index contributed by atoms with van der Waals surface area (Å²) in [5.41, 5.74) is 0.784. The minimum atomic E-state index is -1.20. The molecule has 9 heteroatoms. The first-order chi connectivity index (χ1) is 10.6. The number of benzene rings is 1. The predicted molar refractivity (Wildman–Crippen MR) is 77.8 cm³/mol. The van der Waals surface area contributed by atoms with E-state index in [4.69, 9.17) is 5.11 Å². The maximum absolute atomic E-state index is 11.3. The van der Waals surface area contributed by atoms with Crippen LogP contribution in [0.4, 0.5) is 0 Å². The summed E-state index contributed by atoms with van der Waals surface area (Å²) >= 11 is 1.19. The van der Waals surface area contributed by atoms with Gasteiger partial charge >= 0.3 is 5.97 Å². The fourth-order valence-electron chi connectivity index (χ4n) is 1.73. The maximum atomic E-state index is 11.3. The highest BCUT2D eigenvalue weighted by atomic mass is 32.2. The molecular weight excluding hydrogens is 308 g/mol. The Labute approximate surface area is 130 Å². The number of aliphatic carboxylic acids is 1. The van der Waals surface area contributed by atoms with Crippen molar-refractivity contribution in [1.82, 2.24) is 20.2 Å². The van der Waals surface area contributed by atoms with Gasteiger partial charge in [-0.1, -0.05) is 30.0 Å². The molecular formula is C13H14N4O4S. The number of rotatable bonds is 8. The van der Waals surface area contributed by atoms with Crippen molar-refractivity contribution in [2.45, 2.75) is 24.1 Å². The molecule has 0 bridgehead atoms. The largest absolute Gasteiger partial charge is 0.481 e. The van der Waals surface area contributed by atoms with E-state index in [-0.39, 0.29) is 12.2 Å². The molecule has 1 atom stereocenters. The number of hydrogen-bond acceptors (Lipinski definition) is 7. The Bertz CT molecular complexity index is 646. The number of carbonyl (C=O) groups is 2. The predicted octanol–water partition coefficient (Wildman–Crippen LogP) is 0.549. The average Bonchev–Trinajstić information content (AvgIpc) is 2.93. The number of aliphatic hydroxyl groups is 1. The van der Waals surface area contributed by atoms with Crippen LogP contribution < -0.4 is 0 Å². The zero-order valence-corrected chi connectivity index (χ0v) is 12.3. The van der Waals surface area contributed by atoms with Crippen molar-refractivity contribution in [3.63, 3.8) is 0 Å². The van der Waals surface area contributed by atoms with Crippen molar-refractivity contribution in [2.24, 2.45) is 0 Å². The summed E-state index contributed by atoms with van der Waals surface area (Å²) in [4.78, 5) is 21.7. The summed E-state index contributed by atoms with van der Waals surface area (Å²) < 4.78 is 1.52. The summed E-state index contributed by atoms with van der Waals surface area (Å²) in [5, 5.41) is 30.1. The number of aliphatic hydroxyl groups excluding tert-OH is 1. The normalized spacial score (nSPS) is 12.0. The fraction of sp³-hybridized carbons (Fsp3) is 0.308. The molecule has 0 amide bonds. The maximum Gasteiger partial charge on any atom is 0.310 e. The van der Waals surface area contributed by atoms with Gasteiger partial charge in [0.05, 0.1) is 11.8 Å². The van der Waals surface area contributed by atoms with Crippen LogP contribution in [0.15, 0.2) is 35.5 Å². The summed E-state index contributed by atoms with van der Waals surface area (Å²) in [7, 11) is 0. The Morgan fingerprint density at radius 3 is 2.68 bits per heavy atom. The van der Waals surface area contributed by atoms with E-state index in [1.54, 1.807) is 0 Å². The number of carboxylic acid groups (broad SMARTS) is 1. The average molecular weight is 322 g/mol. The molecule has 22 heavy (non-hydrogen) atoms. The molecule has 2 aromatic rings. The minimum absolute atomic E-state index is 0.193. The molecule has 1 aromatic carbocycles. The highest BCUT2D eigenvalue weighted by molar-refractivity contribution is 7.99. The van der Waals surface area contributed by atoms with Crippen molar-refractivity contribution < 1.29 is 19.8 Å². The number of hydrogen-bond donors (Lipinski definition) is 2. The van der Waals surface area contributed by atoms with Gasteiger partial charge in [0.25, 0.3) is 0 Å². The van der Waals surface area contributed by atoms with Gasteiger partial charge in [-0.15, -0.1) is 5.10 Å². The zero-order valence-electron chi connectivity index (χ0n) is 11.5. The second-order valence-electron chi connectivity index (χ2n) is 4.49. The molecule has 0 unspecified atom stereocenters.